The number of anilines is 1. The van der Waals surface area contributed by atoms with Gasteiger partial charge in [0.2, 0.25) is 6.29 Å². The van der Waals surface area contributed by atoms with E-state index in [0.29, 0.717) is 11.4 Å². The zero-order valence-corrected chi connectivity index (χ0v) is 12.8. The molecule has 4 N–H and O–H groups in total. The maximum Gasteiger partial charge on any atom is 0.331 e. The van der Waals surface area contributed by atoms with Crippen LogP contribution in [0.5, 0.6) is 5.75 Å². The van der Waals surface area contributed by atoms with Gasteiger partial charge in [0.1, 0.15) is 24.6 Å². The zero-order chi connectivity index (χ0) is 16.8. The van der Waals surface area contributed by atoms with Gasteiger partial charge < -0.3 is 34.9 Å². The topological polar surface area (TPSA) is 120 Å². The Kier molecular flexibility index (Phi) is 6.17. The number of ether oxygens (including phenoxy) is 4. The summed E-state index contributed by atoms with van der Waals surface area (Å²) in [5.41, 5.74) is 6.21. The van der Waals surface area contributed by atoms with Gasteiger partial charge >= 0.3 is 5.97 Å². The summed E-state index contributed by atoms with van der Waals surface area (Å²) < 4.78 is 21.0. The molecule has 0 bridgehead atoms. The van der Waals surface area contributed by atoms with Crippen LogP contribution in [0.1, 0.15) is 6.42 Å². The number of esters is 1. The molecule has 8 nitrogen and oxygen atoms in total. The predicted molar refractivity (Wildman–Crippen MR) is 79.6 cm³/mol. The van der Waals surface area contributed by atoms with Crippen LogP contribution in [0.3, 0.4) is 0 Å². The van der Waals surface area contributed by atoms with Crippen molar-refractivity contribution in [3.8, 4) is 5.75 Å². The van der Waals surface area contributed by atoms with Crippen LogP contribution in [0, 0.1) is 0 Å². The second-order valence-corrected chi connectivity index (χ2v) is 5.13. The summed E-state index contributed by atoms with van der Waals surface area (Å²) in [5, 5.41) is 19.4. The van der Waals surface area contributed by atoms with Gasteiger partial charge in [0.15, 0.2) is 0 Å². The van der Waals surface area contributed by atoms with Crippen molar-refractivity contribution in [1.82, 2.24) is 0 Å². The highest BCUT2D eigenvalue weighted by Crippen LogP contribution is 2.26. The van der Waals surface area contributed by atoms with E-state index in [9.17, 15) is 15.0 Å². The fourth-order valence-corrected chi connectivity index (χ4v) is 2.23. The molecule has 0 aromatic heterocycles. The number of hydrogen-bond donors (Lipinski definition) is 3. The number of nitrogen functional groups attached to an aromatic ring is 1. The third kappa shape index (κ3) is 4.80. The number of hydrogen-bond acceptors (Lipinski definition) is 8. The van der Waals surface area contributed by atoms with Crippen molar-refractivity contribution in [3.63, 3.8) is 0 Å². The Morgan fingerprint density at radius 2 is 2.09 bits per heavy atom. The lowest BCUT2D eigenvalue weighted by atomic mass is 10.0. The highest BCUT2D eigenvalue weighted by atomic mass is 16.7. The standard InChI is InChI=1S/C15H21NO7/c1-20-13(18)8-21-11-6-14(23-12(7-17)15(11)19)22-10-4-2-9(16)3-5-10/h2-5,11-12,14-15,17,19H,6-8,16H2,1H3/t11-,12-,14-,15-/m1/s1. The first-order chi connectivity index (χ1) is 11.0. The SMILES string of the molecule is COC(=O)CO[C@@H]1C[C@H](Oc2ccc(N)cc2)O[C@H](CO)[C@@H]1O. The monoisotopic (exact) mass is 327 g/mol. The number of benzene rings is 1. The van der Waals surface area contributed by atoms with Crippen molar-refractivity contribution in [2.75, 3.05) is 26.1 Å². The first-order valence-electron chi connectivity index (χ1n) is 7.18. The van der Waals surface area contributed by atoms with Crippen molar-refractivity contribution < 1.29 is 34.0 Å². The number of carbonyl (C=O) groups is 1. The summed E-state index contributed by atoms with van der Waals surface area (Å²) in [6.45, 7) is -0.703. The Bertz CT molecular complexity index is 507. The smallest absolute Gasteiger partial charge is 0.331 e. The van der Waals surface area contributed by atoms with Gasteiger partial charge in [-0.1, -0.05) is 0 Å². The van der Waals surface area contributed by atoms with Crippen molar-refractivity contribution >= 4 is 11.7 Å². The van der Waals surface area contributed by atoms with Crippen molar-refractivity contribution in [2.45, 2.75) is 31.0 Å². The van der Waals surface area contributed by atoms with Crippen molar-refractivity contribution in [3.05, 3.63) is 24.3 Å². The summed E-state index contributed by atoms with van der Waals surface area (Å²) in [6, 6.07) is 6.73. The molecule has 0 saturated carbocycles. The van der Waals surface area contributed by atoms with Gasteiger partial charge in [-0.3, -0.25) is 0 Å². The number of carbonyl (C=O) groups excluding carboxylic acids is 1. The van der Waals surface area contributed by atoms with E-state index in [0.717, 1.165) is 0 Å². The molecule has 0 radical (unpaired) electrons. The Morgan fingerprint density at radius 1 is 1.39 bits per heavy atom. The normalized spacial score (nSPS) is 27.4. The summed E-state index contributed by atoms with van der Waals surface area (Å²) in [7, 11) is 1.25. The molecule has 0 aliphatic carbocycles. The highest BCUT2D eigenvalue weighted by Gasteiger charge is 2.39. The Morgan fingerprint density at radius 3 is 2.70 bits per heavy atom. The average Bonchev–Trinajstić information content (AvgIpc) is 2.56. The first kappa shape index (κ1) is 17.5. The molecule has 1 aromatic rings. The van der Waals surface area contributed by atoms with E-state index >= 15 is 0 Å². The average molecular weight is 327 g/mol. The van der Waals surface area contributed by atoms with Gasteiger partial charge in [0.05, 0.1) is 19.8 Å². The second-order valence-electron chi connectivity index (χ2n) is 5.13. The molecular weight excluding hydrogens is 306 g/mol. The Labute approximate surface area is 133 Å². The van der Waals surface area contributed by atoms with Gasteiger partial charge in [-0.15, -0.1) is 0 Å². The fraction of sp³-hybridized carbons (Fsp3) is 0.533. The molecular formula is C15H21NO7. The zero-order valence-electron chi connectivity index (χ0n) is 12.8. The predicted octanol–water partition coefficient (Wildman–Crippen LogP) is -0.326. The Balaban J connectivity index is 1.99. The molecule has 0 unspecified atom stereocenters. The molecule has 1 aliphatic heterocycles. The molecule has 2 rings (SSSR count). The van der Waals surface area contributed by atoms with E-state index in [-0.39, 0.29) is 13.0 Å². The van der Waals surface area contributed by atoms with Crippen LogP contribution in [0.2, 0.25) is 0 Å². The van der Waals surface area contributed by atoms with Crippen molar-refractivity contribution in [1.29, 1.82) is 0 Å². The van der Waals surface area contributed by atoms with Crippen LogP contribution in [0.25, 0.3) is 0 Å². The van der Waals surface area contributed by atoms with Crippen LogP contribution in [-0.4, -0.2) is 61.1 Å². The number of aliphatic hydroxyl groups is 2. The van der Waals surface area contributed by atoms with Crippen LogP contribution in [0.15, 0.2) is 24.3 Å². The molecule has 1 aromatic carbocycles. The second kappa shape index (κ2) is 8.11. The third-order valence-corrected chi connectivity index (χ3v) is 3.48. The van der Waals surface area contributed by atoms with Crippen LogP contribution < -0.4 is 10.5 Å². The van der Waals surface area contributed by atoms with Crippen LogP contribution >= 0.6 is 0 Å². The van der Waals surface area contributed by atoms with E-state index in [1.807, 2.05) is 0 Å². The molecule has 0 amide bonds. The molecule has 128 valence electrons. The lowest BCUT2D eigenvalue weighted by Gasteiger charge is -2.38. The van der Waals surface area contributed by atoms with Gasteiger partial charge in [-0.2, -0.15) is 0 Å². The highest BCUT2D eigenvalue weighted by molar-refractivity contribution is 5.70. The minimum Gasteiger partial charge on any atom is -0.467 e. The van der Waals surface area contributed by atoms with Crippen LogP contribution in [0.4, 0.5) is 5.69 Å². The van der Waals surface area contributed by atoms with Gasteiger partial charge in [0.25, 0.3) is 0 Å². The number of nitrogens with two attached hydrogens (primary N) is 1. The van der Waals surface area contributed by atoms with E-state index in [1.54, 1.807) is 24.3 Å². The summed E-state index contributed by atoms with van der Waals surface area (Å²) in [6.07, 6.45) is -3.21. The molecule has 1 saturated heterocycles. The van der Waals surface area contributed by atoms with E-state index in [4.69, 9.17) is 19.9 Å². The van der Waals surface area contributed by atoms with E-state index in [1.165, 1.54) is 7.11 Å². The molecule has 1 heterocycles. The minimum absolute atomic E-state index is 0.193. The Hall–Kier alpha value is -1.87. The van der Waals surface area contributed by atoms with Gasteiger partial charge in [-0.05, 0) is 24.3 Å². The van der Waals surface area contributed by atoms with E-state index < -0.39 is 37.2 Å². The molecule has 0 spiro atoms. The molecule has 4 atom stereocenters. The molecule has 8 heteroatoms. The summed E-state index contributed by atoms with van der Waals surface area (Å²) in [5.74, 6) is -0.0239. The lowest BCUT2D eigenvalue weighted by Crippen LogP contribution is -2.52. The fourth-order valence-electron chi connectivity index (χ4n) is 2.23. The number of rotatable bonds is 6. The van der Waals surface area contributed by atoms with E-state index in [2.05, 4.69) is 4.74 Å². The molecule has 1 fully saturated rings. The lowest BCUT2D eigenvalue weighted by molar-refractivity contribution is -0.239. The third-order valence-electron chi connectivity index (χ3n) is 3.48. The summed E-state index contributed by atoms with van der Waals surface area (Å²) in [4.78, 5) is 11.2. The molecule has 23 heavy (non-hydrogen) atoms. The van der Waals surface area contributed by atoms with Crippen LogP contribution in [-0.2, 0) is 19.0 Å². The van der Waals surface area contributed by atoms with Gasteiger partial charge in [0, 0.05) is 12.1 Å². The quantitative estimate of drug-likeness (QED) is 0.480. The van der Waals surface area contributed by atoms with Gasteiger partial charge in [-0.25, -0.2) is 4.79 Å². The first-order valence-corrected chi connectivity index (χ1v) is 7.18. The maximum atomic E-state index is 11.2. The maximum absolute atomic E-state index is 11.2. The largest absolute Gasteiger partial charge is 0.467 e. The van der Waals surface area contributed by atoms with Crippen molar-refractivity contribution in [2.24, 2.45) is 0 Å². The molecule has 1 aliphatic rings. The number of aliphatic hydroxyl groups excluding tert-OH is 2. The minimum atomic E-state index is -1.07. The number of methoxy groups -OCH3 is 1. The summed E-state index contributed by atoms with van der Waals surface area (Å²) >= 11 is 0.